The van der Waals surface area contributed by atoms with Crippen molar-refractivity contribution in [2.75, 3.05) is 26.2 Å². The minimum atomic E-state index is -0.266. The van der Waals surface area contributed by atoms with E-state index in [1.807, 2.05) is 13.8 Å². The van der Waals surface area contributed by atoms with E-state index in [1.54, 1.807) is 0 Å². The molecule has 16 heavy (non-hydrogen) atoms. The predicted octanol–water partition coefficient (Wildman–Crippen LogP) is 0.143. The van der Waals surface area contributed by atoms with Gasteiger partial charge in [-0.15, -0.1) is 0 Å². The minimum absolute atomic E-state index is 0.266. The van der Waals surface area contributed by atoms with E-state index in [9.17, 15) is 10.2 Å². The van der Waals surface area contributed by atoms with Gasteiger partial charge in [-0.3, -0.25) is 9.80 Å². The third-order valence-corrected chi connectivity index (χ3v) is 3.24. The molecule has 4 nitrogen and oxygen atoms in total. The molecule has 2 N–H and O–H groups in total. The lowest BCUT2D eigenvalue weighted by Gasteiger charge is -2.45. The second kappa shape index (κ2) is 5.96. The number of aliphatic hydroxyl groups excluding tert-OH is 2. The Morgan fingerprint density at radius 2 is 1.25 bits per heavy atom. The monoisotopic (exact) mass is 230 g/mol. The van der Waals surface area contributed by atoms with Crippen molar-refractivity contribution in [1.29, 1.82) is 0 Å². The van der Waals surface area contributed by atoms with E-state index in [4.69, 9.17) is 0 Å². The van der Waals surface area contributed by atoms with Crippen LogP contribution in [0.5, 0.6) is 0 Å². The zero-order valence-corrected chi connectivity index (χ0v) is 10.9. The molecule has 1 aliphatic rings. The lowest BCUT2D eigenvalue weighted by atomic mass is 10.1. The summed E-state index contributed by atoms with van der Waals surface area (Å²) >= 11 is 0. The molecule has 0 aromatic carbocycles. The summed E-state index contributed by atoms with van der Waals surface area (Å²) in [5.41, 5.74) is 0. The molecule has 0 saturated carbocycles. The third kappa shape index (κ3) is 4.01. The normalized spacial score (nSPS) is 32.6. The zero-order valence-electron chi connectivity index (χ0n) is 10.9. The number of aliphatic hydroxyl groups is 2. The Labute approximate surface area is 98.9 Å². The van der Waals surface area contributed by atoms with E-state index in [2.05, 4.69) is 23.6 Å². The van der Waals surface area contributed by atoms with Crippen LogP contribution in [0.2, 0.25) is 0 Å². The van der Waals surface area contributed by atoms with Crippen molar-refractivity contribution < 1.29 is 10.2 Å². The molecular formula is C12H26N2O2. The van der Waals surface area contributed by atoms with Gasteiger partial charge in [0.05, 0.1) is 12.2 Å². The SMILES string of the molecule is C[C@@H]1CN(C[C@@H](C)O)[C@@H](C)CN1C[C@@H](C)O. The van der Waals surface area contributed by atoms with Crippen molar-refractivity contribution >= 4 is 0 Å². The Morgan fingerprint density at radius 1 is 0.938 bits per heavy atom. The first-order chi connectivity index (χ1) is 7.40. The molecule has 0 aromatic rings. The van der Waals surface area contributed by atoms with Crippen LogP contribution in [0.15, 0.2) is 0 Å². The first kappa shape index (κ1) is 13.9. The molecule has 0 radical (unpaired) electrons. The van der Waals surface area contributed by atoms with Gasteiger partial charge in [-0.2, -0.15) is 0 Å². The molecule has 1 fully saturated rings. The lowest BCUT2D eigenvalue weighted by Crippen LogP contribution is -2.58. The van der Waals surface area contributed by atoms with Gasteiger partial charge >= 0.3 is 0 Å². The number of β-amino-alcohol motifs (C(OH)–C–C–N with tert-alkyl or cyclic N) is 2. The number of nitrogens with zero attached hydrogens (tertiary/aromatic N) is 2. The number of hydrogen-bond acceptors (Lipinski definition) is 4. The van der Waals surface area contributed by atoms with Crippen LogP contribution in [-0.2, 0) is 0 Å². The van der Waals surface area contributed by atoms with Crippen LogP contribution in [0.1, 0.15) is 27.7 Å². The van der Waals surface area contributed by atoms with Crippen molar-refractivity contribution in [3.8, 4) is 0 Å². The largest absolute Gasteiger partial charge is 0.392 e. The Morgan fingerprint density at radius 3 is 1.50 bits per heavy atom. The maximum Gasteiger partial charge on any atom is 0.0639 e. The highest BCUT2D eigenvalue weighted by Gasteiger charge is 2.29. The van der Waals surface area contributed by atoms with Crippen molar-refractivity contribution in [2.45, 2.75) is 52.0 Å². The summed E-state index contributed by atoms with van der Waals surface area (Å²) in [6.45, 7) is 11.5. The predicted molar refractivity (Wildman–Crippen MR) is 65.4 cm³/mol. The molecule has 1 heterocycles. The fraction of sp³-hybridized carbons (Fsp3) is 1.00. The molecule has 4 atom stereocenters. The van der Waals surface area contributed by atoms with Gasteiger partial charge in [0, 0.05) is 38.3 Å². The van der Waals surface area contributed by atoms with E-state index in [0.717, 1.165) is 26.2 Å². The van der Waals surface area contributed by atoms with Crippen LogP contribution in [0.4, 0.5) is 0 Å². The minimum Gasteiger partial charge on any atom is -0.392 e. The van der Waals surface area contributed by atoms with Gasteiger partial charge in [-0.1, -0.05) is 0 Å². The van der Waals surface area contributed by atoms with Crippen LogP contribution in [0.25, 0.3) is 0 Å². The quantitative estimate of drug-likeness (QED) is 0.721. The molecule has 1 rings (SSSR count). The molecular weight excluding hydrogens is 204 g/mol. The summed E-state index contributed by atoms with van der Waals surface area (Å²) in [7, 11) is 0. The highest BCUT2D eigenvalue weighted by atomic mass is 16.3. The first-order valence-corrected chi connectivity index (χ1v) is 6.24. The van der Waals surface area contributed by atoms with Crippen LogP contribution in [0, 0.1) is 0 Å². The van der Waals surface area contributed by atoms with Gasteiger partial charge in [0.1, 0.15) is 0 Å². The van der Waals surface area contributed by atoms with Gasteiger partial charge in [-0.05, 0) is 27.7 Å². The van der Waals surface area contributed by atoms with E-state index in [-0.39, 0.29) is 12.2 Å². The molecule has 1 saturated heterocycles. The van der Waals surface area contributed by atoms with E-state index in [0.29, 0.717) is 12.1 Å². The molecule has 96 valence electrons. The fourth-order valence-corrected chi connectivity index (χ4v) is 2.46. The van der Waals surface area contributed by atoms with Crippen LogP contribution in [0.3, 0.4) is 0 Å². The topological polar surface area (TPSA) is 46.9 Å². The maximum absolute atomic E-state index is 9.42. The number of piperazine rings is 1. The zero-order chi connectivity index (χ0) is 12.3. The van der Waals surface area contributed by atoms with E-state index < -0.39 is 0 Å². The van der Waals surface area contributed by atoms with Gasteiger partial charge in [-0.25, -0.2) is 0 Å². The molecule has 0 unspecified atom stereocenters. The first-order valence-electron chi connectivity index (χ1n) is 6.24. The maximum atomic E-state index is 9.42. The van der Waals surface area contributed by atoms with Crippen LogP contribution < -0.4 is 0 Å². The molecule has 0 aromatic heterocycles. The molecule has 0 amide bonds. The number of hydrogen-bond donors (Lipinski definition) is 2. The van der Waals surface area contributed by atoms with Crippen LogP contribution in [-0.4, -0.2) is 70.5 Å². The Balaban J connectivity index is 2.49. The molecule has 1 aliphatic heterocycles. The smallest absolute Gasteiger partial charge is 0.0639 e. The van der Waals surface area contributed by atoms with Gasteiger partial charge in [0.25, 0.3) is 0 Å². The summed E-state index contributed by atoms with van der Waals surface area (Å²) < 4.78 is 0. The molecule has 4 heteroatoms. The van der Waals surface area contributed by atoms with Crippen molar-refractivity contribution in [3.05, 3.63) is 0 Å². The van der Waals surface area contributed by atoms with Crippen LogP contribution >= 0.6 is 0 Å². The average Bonchev–Trinajstić information content (AvgIpc) is 2.11. The number of rotatable bonds is 4. The van der Waals surface area contributed by atoms with Crippen molar-refractivity contribution in [1.82, 2.24) is 9.80 Å². The summed E-state index contributed by atoms with van der Waals surface area (Å²) in [6, 6.07) is 0.897. The molecule has 0 aliphatic carbocycles. The average molecular weight is 230 g/mol. The highest BCUT2D eigenvalue weighted by molar-refractivity contribution is 4.85. The third-order valence-electron chi connectivity index (χ3n) is 3.24. The van der Waals surface area contributed by atoms with Gasteiger partial charge in [0.15, 0.2) is 0 Å². The Kier molecular flexibility index (Phi) is 5.18. The second-order valence-electron chi connectivity index (χ2n) is 5.30. The summed E-state index contributed by atoms with van der Waals surface area (Å²) in [4.78, 5) is 4.65. The summed E-state index contributed by atoms with van der Waals surface area (Å²) in [6.07, 6.45) is -0.532. The highest BCUT2D eigenvalue weighted by Crippen LogP contribution is 2.15. The fourth-order valence-electron chi connectivity index (χ4n) is 2.46. The molecule has 0 bridgehead atoms. The van der Waals surface area contributed by atoms with E-state index in [1.165, 1.54) is 0 Å². The van der Waals surface area contributed by atoms with Crippen molar-refractivity contribution in [3.63, 3.8) is 0 Å². The van der Waals surface area contributed by atoms with Crippen molar-refractivity contribution in [2.24, 2.45) is 0 Å². The summed E-state index contributed by atoms with van der Waals surface area (Å²) in [5, 5.41) is 18.8. The van der Waals surface area contributed by atoms with Gasteiger partial charge in [0.2, 0.25) is 0 Å². The lowest BCUT2D eigenvalue weighted by molar-refractivity contribution is -0.00115. The standard InChI is InChI=1S/C12H26N2O2/c1-9-5-14(8-12(4)16)10(2)6-13(9)7-11(3)15/h9-12,15-16H,5-8H2,1-4H3/t9-,10+,11-,12-/m1/s1. The summed E-state index contributed by atoms with van der Waals surface area (Å²) in [5.74, 6) is 0. The van der Waals surface area contributed by atoms with Gasteiger partial charge < -0.3 is 10.2 Å². The Hall–Kier alpha value is -0.160. The Bertz CT molecular complexity index is 187. The molecule has 0 spiro atoms. The second-order valence-corrected chi connectivity index (χ2v) is 5.30. The van der Waals surface area contributed by atoms with E-state index >= 15 is 0 Å².